The Morgan fingerprint density at radius 3 is 2.84 bits per heavy atom. The minimum absolute atomic E-state index is 0.341. The molecule has 1 atom stereocenters. The van der Waals surface area contributed by atoms with E-state index >= 15 is 0 Å². The second-order valence-corrected chi connectivity index (χ2v) is 9.81. The normalized spacial score (nSPS) is 14.9. The molecule has 2 aromatic carbocycles. The molecule has 31 heavy (non-hydrogen) atoms. The standard InChI is InChI=1S/C23H29N3O4S/c1-31(28,29)26-17-6-4-5-16(13-17)23(27)15-24-11-12-30-18-9-10-20-19-7-2-3-8-21(19)25-22(20)14-18/h4-6,9-10,13-14,23-27H,2-3,7-8,11-12,15H2,1H3/t23-/m0/s1. The maximum atomic E-state index is 11.4. The van der Waals surface area contributed by atoms with Gasteiger partial charge < -0.3 is 20.1 Å². The van der Waals surface area contributed by atoms with Gasteiger partial charge >= 0.3 is 0 Å². The third kappa shape index (κ3) is 5.58. The Kier molecular flexibility index (Phi) is 6.50. The van der Waals surface area contributed by atoms with Gasteiger partial charge in [0.2, 0.25) is 10.0 Å². The van der Waals surface area contributed by atoms with Crippen molar-refractivity contribution in [2.45, 2.75) is 31.8 Å². The third-order valence-electron chi connectivity index (χ3n) is 5.53. The lowest BCUT2D eigenvalue weighted by Crippen LogP contribution is -2.26. The van der Waals surface area contributed by atoms with Crippen molar-refractivity contribution in [2.24, 2.45) is 0 Å². The molecule has 7 nitrogen and oxygen atoms in total. The van der Waals surface area contributed by atoms with Crippen molar-refractivity contribution in [3.63, 3.8) is 0 Å². The highest BCUT2D eigenvalue weighted by atomic mass is 32.2. The van der Waals surface area contributed by atoms with E-state index in [2.05, 4.69) is 27.2 Å². The number of ether oxygens (including phenoxy) is 1. The van der Waals surface area contributed by atoms with Crippen molar-refractivity contribution >= 4 is 26.6 Å². The maximum Gasteiger partial charge on any atom is 0.229 e. The summed E-state index contributed by atoms with van der Waals surface area (Å²) in [5, 5.41) is 14.9. The number of aryl methyl sites for hydroxylation is 2. The molecular formula is C23H29N3O4S. The van der Waals surface area contributed by atoms with Crippen LogP contribution in [0.3, 0.4) is 0 Å². The Hall–Kier alpha value is -2.55. The summed E-state index contributed by atoms with van der Waals surface area (Å²) in [7, 11) is -3.35. The first-order valence-electron chi connectivity index (χ1n) is 10.6. The van der Waals surface area contributed by atoms with Crippen molar-refractivity contribution < 1.29 is 18.3 Å². The highest BCUT2D eigenvalue weighted by Gasteiger charge is 2.15. The lowest BCUT2D eigenvalue weighted by Gasteiger charge is -2.14. The van der Waals surface area contributed by atoms with Gasteiger partial charge in [0.05, 0.1) is 12.4 Å². The number of aliphatic hydroxyl groups is 1. The number of sulfonamides is 1. The molecule has 0 radical (unpaired) electrons. The Labute approximate surface area is 182 Å². The first kappa shape index (κ1) is 21.7. The first-order chi connectivity index (χ1) is 14.9. The van der Waals surface area contributed by atoms with E-state index in [4.69, 9.17) is 4.74 Å². The van der Waals surface area contributed by atoms with Crippen LogP contribution in [0.15, 0.2) is 42.5 Å². The van der Waals surface area contributed by atoms with Crippen LogP contribution in [0.1, 0.15) is 35.8 Å². The first-order valence-corrected chi connectivity index (χ1v) is 12.5. The molecular weight excluding hydrogens is 414 g/mol. The predicted molar refractivity (Wildman–Crippen MR) is 123 cm³/mol. The van der Waals surface area contributed by atoms with Gasteiger partial charge in [-0.1, -0.05) is 12.1 Å². The molecule has 0 spiro atoms. The van der Waals surface area contributed by atoms with Crippen LogP contribution in [0.25, 0.3) is 10.9 Å². The van der Waals surface area contributed by atoms with Gasteiger partial charge in [-0.15, -0.1) is 0 Å². The number of hydrogen-bond donors (Lipinski definition) is 4. The Balaban J connectivity index is 1.25. The summed E-state index contributed by atoms with van der Waals surface area (Å²) < 4.78 is 31.0. The van der Waals surface area contributed by atoms with E-state index < -0.39 is 16.1 Å². The van der Waals surface area contributed by atoms with Crippen LogP contribution >= 0.6 is 0 Å². The molecule has 1 aliphatic rings. The van der Waals surface area contributed by atoms with E-state index in [1.807, 2.05) is 6.07 Å². The molecule has 4 rings (SSSR count). The summed E-state index contributed by atoms with van der Waals surface area (Å²) in [6.07, 6.45) is 5.13. The average molecular weight is 444 g/mol. The van der Waals surface area contributed by atoms with Gasteiger partial charge in [0.25, 0.3) is 0 Å². The predicted octanol–water partition coefficient (Wildman–Crippen LogP) is 3.12. The molecule has 1 aromatic heterocycles. The number of rotatable bonds is 9. The maximum absolute atomic E-state index is 11.4. The molecule has 3 aromatic rings. The zero-order chi connectivity index (χ0) is 21.8. The minimum atomic E-state index is -3.35. The Morgan fingerprint density at radius 1 is 1.16 bits per heavy atom. The number of hydrogen-bond acceptors (Lipinski definition) is 5. The Bertz CT molecular complexity index is 1160. The molecule has 166 valence electrons. The molecule has 0 aliphatic heterocycles. The van der Waals surface area contributed by atoms with Crippen molar-refractivity contribution in [3.05, 3.63) is 59.3 Å². The van der Waals surface area contributed by atoms with E-state index in [9.17, 15) is 13.5 Å². The number of anilines is 1. The van der Waals surface area contributed by atoms with Crippen molar-refractivity contribution in [2.75, 3.05) is 30.7 Å². The van der Waals surface area contributed by atoms with Gasteiger partial charge in [-0.05, 0) is 61.1 Å². The van der Waals surface area contributed by atoms with Gasteiger partial charge in [-0.2, -0.15) is 0 Å². The molecule has 0 unspecified atom stereocenters. The number of aromatic nitrogens is 1. The van der Waals surface area contributed by atoms with Crippen molar-refractivity contribution in [1.29, 1.82) is 0 Å². The summed E-state index contributed by atoms with van der Waals surface area (Å²) in [5.74, 6) is 0.827. The second kappa shape index (κ2) is 9.30. The molecule has 1 heterocycles. The minimum Gasteiger partial charge on any atom is -0.492 e. The molecule has 0 saturated heterocycles. The Morgan fingerprint density at radius 2 is 2.00 bits per heavy atom. The van der Waals surface area contributed by atoms with Crippen LogP contribution in [-0.2, 0) is 22.9 Å². The molecule has 8 heteroatoms. The van der Waals surface area contributed by atoms with Crippen LogP contribution in [0.4, 0.5) is 5.69 Å². The number of fused-ring (bicyclic) bond motifs is 3. The molecule has 0 amide bonds. The number of benzene rings is 2. The highest BCUT2D eigenvalue weighted by molar-refractivity contribution is 7.92. The number of H-pyrrole nitrogens is 1. The third-order valence-corrected chi connectivity index (χ3v) is 6.14. The average Bonchev–Trinajstić information content (AvgIpc) is 3.10. The van der Waals surface area contributed by atoms with Crippen molar-refractivity contribution in [3.8, 4) is 5.75 Å². The van der Waals surface area contributed by atoms with Crippen LogP contribution < -0.4 is 14.8 Å². The van der Waals surface area contributed by atoms with Crippen LogP contribution in [0, 0.1) is 0 Å². The van der Waals surface area contributed by atoms with E-state index in [1.54, 1.807) is 24.3 Å². The molecule has 0 bridgehead atoms. The van der Waals surface area contributed by atoms with Crippen LogP contribution in [0.5, 0.6) is 5.75 Å². The lowest BCUT2D eigenvalue weighted by molar-refractivity contribution is 0.172. The lowest BCUT2D eigenvalue weighted by atomic mass is 9.96. The van der Waals surface area contributed by atoms with Crippen molar-refractivity contribution in [1.82, 2.24) is 10.3 Å². The van der Waals surface area contributed by atoms with Gasteiger partial charge in [-0.3, -0.25) is 4.72 Å². The summed E-state index contributed by atoms with van der Waals surface area (Å²) >= 11 is 0. The zero-order valence-electron chi connectivity index (χ0n) is 17.6. The number of aromatic amines is 1. The highest BCUT2D eigenvalue weighted by Crippen LogP contribution is 2.31. The molecule has 0 saturated carbocycles. The van der Waals surface area contributed by atoms with Gasteiger partial charge in [0.15, 0.2) is 0 Å². The number of nitrogens with one attached hydrogen (secondary N) is 3. The fourth-order valence-electron chi connectivity index (χ4n) is 4.10. The monoisotopic (exact) mass is 443 g/mol. The fourth-order valence-corrected chi connectivity index (χ4v) is 4.66. The topological polar surface area (TPSA) is 103 Å². The molecule has 0 fully saturated rings. The van der Waals surface area contributed by atoms with E-state index in [0.29, 0.717) is 30.9 Å². The zero-order valence-corrected chi connectivity index (χ0v) is 18.5. The smallest absolute Gasteiger partial charge is 0.229 e. The molecule has 4 N–H and O–H groups in total. The molecule has 1 aliphatic carbocycles. The fraction of sp³-hybridized carbons (Fsp3) is 0.391. The van der Waals surface area contributed by atoms with Gasteiger partial charge in [-0.25, -0.2) is 8.42 Å². The summed E-state index contributed by atoms with van der Waals surface area (Å²) in [6.45, 7) is 1.40. The SMILES string of the molecule is CS(=O)(=O)Nc1cccc([C@@H](O)CNCCOc2ccc3c4c([nH]c3c2)CCCC4)c1. The summed E-state index contributed by atoms with van der Waals surface area (Å²) in [6, 6.07) is 13.0. The second-order valence-electron chi connectivity index (χ2n) is 8.06. The van der Waals surface area contributed by atoms with Crippen LogP contribution in [0.2, 0.25) is 0 Å². The van der Waals surface area contributed by atoms with E-state index in [-0.39, 0.29) is 0 Å². The largest absolute Gasteiger partial charge is 0.492 e. The quantitative estimate of drug-likeness (QED) is 0.381. The van der Waals surface area contributed by atoms with E-state index in [1.165, 1.54) is 29.5 Å². The van der Waals surface area contributed by atoms with Gasteiger partial charge in [0.1, 0.15) is 12.4 Å². The summed E-state index contributed by atoms with van der Waals surface area (Å²) in [5.41, 5.74) is 5.03. The van der Waals surface area contributed by atoms with E-state index in [0.717, 1.165) is 30.4 Å². The van der Waals surface area contributed by atoms with Gasteiger partial charge in [0, 0.05) is 41.4 Å². The van der Waals surface area contributed by atoms with Crippen LogP contribution in [-0.4, -0.2) is 44.5 Å². The summed E-state index contributed by atoms with van der Waals surface area (Å²) in [4.78, 5) is 3.54. The number of aliphatic hydroxyl groups excluding tert-OH is 1.